The van der Waals surface area contributed by atoms with Gasteiger partial charge in [0.15, 0.2) is 0 Å². The molecular formula is C25H34ClN3O3S. The van der Waals surface area contributed by atoms with Crippen LogP contribution in [0.1, 0.15) is 31.4 Å². The third-order valence-corrected chi connectivity index (χ3v) is 9.03. The van der Waals surface area contributed by atoms with Crippen LogP contribution in [0.3, 0.4) is 0 Å². The first-order chi connectivity index (χ1) is 15.7. The molecule has 6 nitrogen and oxygen atoms in total. The summed E-state index contributed by atoms with van der Waals surface area (Å²) in [6, 6.07) is 13.9. The molecule has 0 N–H and O–H groups in total. The molecule has 2 aliphatic heterocycles. The molecule has 4 rings (SSSR count). The number of methoxy groups -OCH3 is 1. The van der Waals surface area contributed by atoms with E-state index in [9.17, 15) is 8.42 Å². The quantitative estimate of drug-likeness (QED) is 0.611. The highest BCUT2D eigenvalue weighted by Crippen LogP contribution is 2.34. The van der Waals surface area contributed by atoms with Crippen LogP contribution in [0.5, 0.6) is 5.75 Å². The van der Waals surface area contributed by atoms with Gasteiger partial charge in [-0.15, -0.1) is 0 Å². The van der Waals surface area contributed by atoms with E-state index >= 15 is 0 Å². The molecular weight excluding hydrogens is 458 g/mol. The van der Waals surface area contributed by atoms with Crippen LogP contribution in [0.2, 0.25) is 5.02 Å². The molecule has 0 spiro atoms. The van der Waals surface area contributed by atoms with Gasteiger partial charge in [-0.3, -0.25) is 9.80 Å². The molecule has 0 bridgehead atoms. The Kier molecular flexibility index (Phi) is 7.36. The Morgan fingerprint density at radius 3 is 2.48 bits per heavy atom. The van der Waals surface area contributed by atoms with Crippen LogP contribution in [0.25, 0.3) is 0 Å². The summed E-state index contributed by atoms with van der Waals surface area (Å²) in [5.74, 6) is 0.404. The van der Waals surface area contributed by atoms with Crippen molar-refractivity contribution in [1.82, 2.24) is 14.1 Å². The number of benzene rings is 2. The molecule has 0 aromatic heterocycles. The van der Waals surface area contributed by atoms with Crippen LogP contribution in [0, 0.1) is 6.92 Å². The summed E-state index contributed by atoms with van der Waals surface area (Å²) in [6.07, 6.45) is 1.46. The van der Waals surface area contributed by atoms with Crippen LogP contribution in [-0.2, 0) is 16.4 Å². The van der Waals surface area contributed by atoms with Crippen molar-refractivity contribution in [1.29, 1.82) is 0 Å². The van der Waals surface area contributed by atoms with Gasteiger partial charge in [0.2, 0.25) is 10.0 Å². The zero-order valence-electron chi connectivity index (χ0n) is 19.9. The minimum atomic E-state index is -3.72. The number of hydrogen-bond acceptors (Lipinski definition) is 5. The molecule has 2 fully saturated rings. The second-order valence-corrected chi connectivity index (χ2v) is 11.7. The number of aryl methyl sites for hydroxylation is 1. The molecule has 2 aromatic rings. The van der Waals surface area contributed by atoms with Crippen LogP contribution >= 0.6 is 11.6 Å². The van der Waals surface area contributed by atoms with Gasteiger partial charge in [-0.2, -0.15) is 4.31 Å². The fraction of sp³-hybridized carbons (Fsp3) is 0.520. The first-order valence-electron chi connectivity index (χ1n) is 11.6. The van der Waals surface area contributed by atoms with Crippen molar-refractivity contribution in [2.75, 3.05) is 33.3 Å². The molecule has 0 amide bonds. The van der Waals surface area contributed by atoms with Gasteiger partial charge in [-0.05, 0) is 69.0 Å². The Labute approximate surface area is 203 Å². The Hall–Kier alpha value is -1.64. The summed E-state index contributed by atoms with van der Waals surface area (Å²) >= 11 is 6.09. The van der Waals surface area contributed by atoms with Crippen LogP contribution in [0.4, 0.5) is 0 Å². The zero-order valence-corrected chi connectivity index (χ0v) is 21.4. The SMILES string of the molecule is COc1cc(C)ccc1S(=O)(=O)N1CCCN2C(Cc3ccc(Cl)cc3)CN(C(C)C)CC21. The molecule has 33 heavy (non-hydrogen) atoms. The van der Waals surface area contributed by atoms with Crippen molar-refractivity contribution < 1.29 is 13.2 Å². The molecule has 0 radical (unpaired) electrons. The van der Waals surface area contributed by atoms with E-state index in [1.807, 2.05) is 25.1 Å². The Balaban J connectivity index is 1.68. The lowest BCUT2D eigenvalue weighted by Crippen LogP contribution is -2.68. The van der Waals surface area contributed by atoms with Crippen molar-refractivity contribution in [2.45, 2.75) is 56.8 Å². The maximum absolute atomic E-state index is 13.9. The number of sulfonamides is 1. The normalized spacial score (nSPS) is 23.0. The van der Waals surface area contributed by atoms with Gasteiger partial charge < -0.3 is 4.74 Å². The Morgan fingerprint density at radius 2 is 1.82 bits per heavy atom. The van der Waals surface area contributed by atoms with Crippen molar-refractivity contribution in [3.05, 3.63) is 58.6 Å². The van der Waals surface area contributed by atoms with E-state index in [0.717, 1.165) is 36.5 Å². The predicted molar refractivity (Wildman–Crippen MR) is 132 cm³/mol. The third-order valence-electron chi connectivity index (χ3n) is 6.84. The number of ether oxygens (including phenoxy) is 1. The van der Waals surface area contributed by atoms with Crippen molar-refractivity contribution >= 4 is 21.6 Å². The van der Waals surface area contributed by atoms with E-state index in [4.69, 9.17) is 16.3 Å². The van der Waals surface area contributed by atoms with E-state index in [-0.39, 0.29) is 17.1 Å². The summed E-state index contributed by atoms with van der Waals surface area (Å²) < 4.78 is 35.0. The van der Waals surface area contributed by atoms with E-state index in [2.05, 4.69) is 35.8 Å². The molecule has 2 aliphatic rings. The van der Waals surface area contributed by atoms with Crippen molar-refractivity contribution in [3.8, 4) is 5.75 Å². The molecule has 8 heteroatoms. The largest absolute Gasteiger partial charge is 0.495 e. The Bertz CT molecular complexity index is 1070. The van der Waals surface area contributed by atoms with Gasteiger partial charge >= 0.3 is 0 Å². The number of rotatable bonds is 6. The summed E-state index contributed by atoms with van der Waals surface area (Å²) in [4.78, 5) is 5.05. The minimum absolute atomic E-state index is 0.205. The zero-order chi connectivity index (χ0) is 23.8. The second-order valence-electron chi connectivity index (χ2n) is 9.37. The van der Waals surface area contributed by atoms with E-state index in [0.29, 0.717) is 24.9 Å². The van der Waals surface area contributed by atoms with Gasteiger partial charge in [0.25, 0.3) is 0 Å². The van der Waals surface area contributed by atoms with Gasteiger partial charge in [0.05, 0.1) is 13.3 Å². The summed E-state index contributed by atoms with van der Waals surface area (Å²) in [7, 11) is -2.19. The lowest BCUT2D eigenvalue weighted by Gasteiger charge is -2.53. The fourth-order valence-corrected chi connectivity index (χ4v) is 6.94. The maximum atomic E-state index is 13.9. The molecule has 0 saturated carbocycles. The topological polar surface area (TPSA) is 53.1 Å². The third kappa shape index (κ3) is 5.08. The summed E-state index contributed by atoms with van der Waals surface area (Å²) in [5.41, 5.74) is 2.19. The molecule has 0 aliphatic carbocycles. The highest BCUT2D eigenvalue weighted by molar-refractivity contribution is 7.89. The van der Waals surface area contributed by atoms with E-state index in [1.54, 1.807) is 16.4 Å². The molecule has 2 aromatic carbocycles. The summed E-state index contributed by atoms with van der Waals surface area (Å²) in [5, 5.41) is 0.728. The predicted octanol–water partition coefficient (Wildman–Crippen LogP) is 4.01. The highest BCUT2D eigenvalue weighted by atomic mass is 35.5. The Morgan fingerprint density at radius 1 is 1.09 bits per heavy atom. The fourth-order valence-electron chi connectivity index (χ4n) is 5.04. The second kappa shape index (κ2) is 9.92. The average Bonchev–Trinajstić information content (AvgIpc) is 2.79. The van der Waals surface area contributed by atoms with Gasteiger partial charge in [0.1, 0.15) is 10.6 Å². The van der Waals surface area contributed by atoms with Crippen molar-refractivity contribution in [3.63, 3.8) is 0 Å². The highest BCUT2D eigenvalue weighted by Gasteiger charge is 2.45. The number of nitrogens with zero attached hydrogens (tertiary/aromatic N) is 3. The molecule has 2 heterocycles. The first kappa shape index (κ1) is 24.5. The number of halogens is 1. The van der Waals surface area contributed by atoms with Gasteiger partial charge in [-0.1, -0.05) is 29.8 Å². The number of fused-ring (bicyclic) bond motifs is 1. The van der Waals surface area contributed by atoms with E-state index in [1.165, 1.54) is 12.7 Å². The van der Waals surface area contributed by atoms with Gasteiger partial charge in [0, 0.05) is 43.3 Å². The molecule has 2 unspecified atom stereocenters. The van der Waals surface area contributed by atoms with Crippen LogP contribution in [-0.4, -0.2) is 74.1 Å². The standard InChI is InChI=1S/C25H34ClN3O3S/c1-18(2)27-16-22(15-20-7-9-21(26)10-8-20)28-12-5-13-29(25(28)17-27)33(30,31)24-11-6-19(3)14-23(24)32-4/h6-11,14,18,22,25H,5,12-13,15-17H2,1-4H3. The number of hydrogen-bond donors (Lipinski definition) is 0. The monoisotopic (exact) mass is 491 g/mol. The van der Waals surface area contributed by atoms with Crippen LogP contribution in [0.15, 0.2) is 47.4 Å². The molecule has 180 valence electrons. The van der Waals surface area contributed by atoms with E-state index < -0.39 is 10.0 Å². The lowest BCUT2D eigenvalue weighted by molar-refractivity contribution is -0.0563. The lowest BCUT2D eigenvalue weighted by atomic mass is 9.98. The molecule has 2 saturated heterocycles. The maximum Gasteiger partial charge on any atom is 0.248 e. The smallest absolute Gasteiger partial charge is 0.248 e. The minimum Gasteiger partial charge on any atom is -0.495 e. The summed E-state index contributed by atoms with van der Waals surface area (Å²) in [6.45, 7) is 9.32. The average molecular weight is 492 g/mol. The van der Waals surface area contributed by atoms with Crippen LogP contribution < -0.4 is 4.74 Å². The first-order valence-corrected chi connectivity index (χ1v) is 13.4. The molecule has 2 atom stereocenters. The van der Waals surface area contributed by atoms with Crippen molar-refractivity contribution in [2.24, 2.45) is 0 Å². The number of piperazine rings is 1. The van der Waals surface area contributed by atoms with Gasteiger partial charge in [-0.25, -0.2) is 8.42 Å².